The summed E-state index contributed by atoms with van der Waals surface area (Å²) in [7, 11) is 1.59. The quantitative estimate of drug-likeness (QED) is 0.518. The summed E-state index contributed by atoms with van der Waals surface area (Å²) >= 11 is 0. The number of ketones is 1. The number of aliphatic imine (C=N–C) groups is 1. The van der Waals surface area contributed by atoms with E-state index in [1.807, 2.05) is 31.2 Å². The van der Waals surface area contributed by atoms with Gasteiger partial charge in [0.25, 0.3) is 0 Å². The van der Waals surface area contributed by atoms with Gasteiger partial charge in [-0.05, 0) is 18.1 Å². The Labute approximate surface area is 180 Å². The van der Waals surface area contributed by atoms with Crippen LogP contribution in [0.5, 0.6) is 5.88 Å². The SMILES string of the molecule is CN1C(=O)CC(C)(c2cccc(CC(=O)c3cnc(OCC#CCO)cn3)c2)N=C1N. The highest BCUT2D eigenvalue weighted by Gasteiger charge is 2.36. The maximum Gasteiger partial charge on any atom is 0.233 e. The molecule has 1 atom stereocenters. The van der Waals surface area contributed by atoms with Gasteiger partial charge >= 0.3 is 0 Å². The minimum atomic E-state index is -0.787. The minimum absolute atomic E-state index is 0.0688. The molecule has 1 aliphatic rings. The molecule has 1 unspecified atom stereocenters. The van der Waals surface area contributed by atoms with Crippen molar-refractivity contribution in [3.05, 3.63) is 53.5 Å². The Morgan fingerprint density at radius 1 is 1.32 bits per heavy atom. The van der Waals surface area contributed by atoms with E-state index in [9.17, 15) is 9.59 Å². The van der Waals surface area contributed by atoms with Gasteiger partial charge < -0.3 is 15.6 Å². The number of Topliss-reactive ketones (excluding diaryl/α,β-unsaturated/α-hetero) is 1. The van der Waals surface area contributed by atoms with E-state index in [2.05, 4.69) is 26.8 Å². The van der Waals surface area contributed by atoms with Crippen LogP contribution < -0.4 is 10.5 Å². The lowest BCUT2D eigenvalue weighted by molar-refractivity contribution is -0.128. The van der Waals surface area contributed by atoms with Crippen LogP contribution in [0.3, 0.4) is 0 Å². The number of aliphatic hydroxyl groups excluding tert-OH is 1. The van der Waals surface area contributed by atoms with Crippen LogP contribution in [-0.4, -0.2) is 57.9 Å². The molecule has 0 saturated carbocycles. The van der Waals surface area contributed by atoms with Crippen molar-refractivity contribution < 1.29 is 19.4 Å². The Morgan fingerprint density at radius 3 is 2.81 bits per heavy atom. The number of guanidine groups is 1. The molecule has 3 N–H and O–H groups in total. The zero-order chi connectivity index (χ0) is 22.4. The van der Waals surface area contributed by atoms with Crippen LogP contribution in [0.1, 0.15) is 35.0 Å². The van der Waals surface area contributed by atoms with Gasteiger partial charge in [0.05, 0.1) is 24.4 Å². The van der Waals surface area contributed by atoms with E-state index >= 15 is 0 Å². The van der Waals surface area contributed by atoms with Gasteiger partial charge in [-0.25, -0.2) is 15.0 Å². The molecule has 3 rings (SSSR count). The maximum absolute atomic E-state index is 12.6. The smallest absolute Gasteiger partial charge is 0.233 e. The topological polar surface area (TPSA) is 131 Å². The van der Waals surface area contributed by atoms with Gasteiger partial charge in [-0.3, -0.25) is 14.5 Å². The van der Waals surface area contributed by atoms with Crippen LogP contribution in [0.4, 0.5) is 0 Å². The molecule has 0 bridgehead atoms. The molecule has 9 heteroatoms. The van der Waals surface area contributed by atoms with Crippen LogP contribution in [0, 0.1) is 11.8 Å². The molecule has 0 aliphatic carbocycles. The molecule has 0 fully saturated rings. The Hall–Kier alpha value is -3.77. The van der Waals surface area contributed by atoms with Crippen molar-refractivity contribution in [3.63, 3.8) is 0 Å². The van der Waals surface area contributed by atoms with Gasteiger partial charge in [-0.1, -0.05) is 36.1 Å². The van der Waals surface area contributed by atoms with E-state index in [0.29, 0.717) is 0 Å². The molecule has 1 aromatic carbocycles. The summed E-state index contributed by atoms with van der Waals surface area (Å²) in [5, 5.41) is 8.60. The van der Waals surface area contributed by atoms with Crippen LogP contribution in [0.25, 0.3) is 0 Å². The Kier molecular flexibility index (Phi) is 6.62. The first-order valence-corrected chi connectivity index (χ1v) is 9.58. The normalized spacial score (nSPS) is 18.1. The third kappa shape index (κ3) is 5.24. The summed E-state index contributed by atoms with van der Waals surface area (Å²) in [6.07, 6.45) is 3.01. The first kappa shape index (κ1) is 21.9. The number of aromatic nitrogens is 2. The molecule has 160 valence electrons. The lowest BCUT2D eigenvalue weighted by atomic mass is 9.86. The standard InChI is InChI=1S/C22H23N5O4/c1-22(12-20(30)27(2)21(23)26-22)16-7-5-6-15(10-16)11-18(29)17-13-25-19(14-24-17)31-9-4-3-8-28/h5-7,10,13-14,28H,8-9,11-12H2,1-2H3,(H2,23,26). The number of rotatable bonds is 6. The first-order valence-electron chi connectivity index (χ1n) is 9.58. The molecule has 1 aromatic heterocycles. The number of carbonyl (C=O) groups is 2. The fraction of sp³-hybridized carbons (Fsp3) is 0.318. The van der Waals surface area contributed by atoms with Gasteiger partial charge in [0.2, 0.25) is 11.8 Å². The Morgan fingerprint density at radius 2 is 2.13 bits per heavy atom. The summed E-state index contributed by atoms with van der Waals surface area (Å²) in [4.78, 5) is 38.9. The average molecular weight is 421 g/mol. The molecule has 0 spiro atoms. The predicted octanol–water partition coefficient (Wildman–Crippen LogP) is 0.669. The summed E-state index contributed by atoms with van der Waals surface area (Å²) in [6, 6.07) is 7.39. The van der Waals surface area contributed by atoms with Crippen LogP contribution in [0.15, 0.2) is 41.7 Å². The number of benzene rings is 1. The molecule has 0 radical (unpaired) electrons. The van der Waals surface area contributed by atoms with Crippen LogP contribution in [-0.2, 0) is 16.8 Å². The lowest BCUT2D eigenvalue weighted by Gasteiger charge is -2.33. The second-order valence-electron chi connectivity index (χ2n) is 7.21. The van der Waals surface area contributed by atoms with Gasteiger partial charge in [0, 0.05) is 13.5 Å². The summed E-state index contributed by atoms with van der Waals surface area (Å²) < 4.78 is 5.26. The summed E-state index contributed by atoms with van der Waals surface area (Å²) in [6.45, 7) is 1.68. The van der Waals surface area contributed by atoms with E-state index in [4.69, 9.17) is 15.6 Å². The van der Waals surface area contributed by atoms with E-state index in [1.54, 1.807) is 7.05 Å². The number of nitrogens with zero attached hydrogens (tertiary/aromatic N) is 4. The minimum Gasteiger partial charge on any atom is -0.463 e. The van der Waals surface area contributed by atoms with Gasteiger partial charge in [0.1, 0.15) is 12.3 Å². The van der Waals surface area contributed by atoms with Gasteiger partial charge in [-0.15, -0.1) is 0 Å². The van der Waals surface area contributed by atoms with Crippen molar-refractivity contribution in [2.45, 2.75) is 25.3 Å². The lowest BCUT2D eigenvalue weighted by Crippen LogP contribution is -2.47. The molecule has 9 nitrogen and oxygen atoms in total. The number of hydrogen-bond acceptors (Lipinski definition) is 8. The van der Waals surface area contributed by atoms with Crippen molar-refractivity contribution in [2.24, 2.45) is 10.7 Å². The maximum atomic E-state index is 12.6. The zero-order valence-electron chi connectivity index (χ0n) is 17.3. The van der Waals surface area contributed by atoms with Gasteiger partial charge in [0.15, 0.2) is 18.3 Å². The monoisotopic (exact) mass is 421 g/mol. The van der Waals surface area contributed by atoms with Crippen molar-refractivity contribution in [3.8, 4) is 17.7 Å². The number of carbonyl (C=O) groups excluding carboxylic acids is 2. The molecule has 2 aromatic rings. The fourth-order valence-electron chi connectivity index (χ4n) is 3.12. The highest BCUT2D eigenvalue weighted by molar-refractivity contribution is 5.99. The summed E-state index contributed by atoms with van der Waals surface area (Å²) in [5.74, 6) is 5.14. The highest BCUT2D eigenvalue weighted by atomic mass is 16.5. The molecule has 0 saturated heterocycles. The molecule has 2 heterocycles. The highest BCUT2D eigenvalue weighted by Crippen LogP contribution is 2.33. The van der Waals surface area contributed by atoms with Crippen molar-refractivity contribution in [1.82, 2.24) is 14.9 Å². The number of amides is 1. The number of nitrogens with two attached hydrogens (primary N) is 1. The Balaban J connectivity index is 1.71. The van der Waals surface area contributed by atoms with Crippen LogP contribution >= 0.6 is 0 Å². The Bertz CT molecular complexity index is 1070. The second-order valence-corrected chi connectivity index (χ2v) is 7.21. The van der Waals surface area contributed by atoms with E-state index in [1.165, 1.54) is 17.3 Å². The summed E-state index contributed by atoms with van der Waals surface area (Å²) in [5.41, 5.74) is 6.89. The number of ether oxygens (including phenoxy) is 1. The van der Waals surface area contributed by atoms with Crippen LogP contribution in [0.2, 0.25) is 0 Å². The van der Waals surface area contributed by atoms with Crippen molar-refractivity contribution >= 4 is 17.6 Å². The molecular weight excluding hydrogens is 398 g/mol. The van der Waals surface area contributed by atoms with Crippen molar-refractivity contribution in [2.75, 3.05) is 20.3 Å². The fourth-order valence-corrected chi connectivity index (χ4v) is 3.12. The van der Waals surface area contributed by atoms with E-state index < -0.39 is 5.54 Å². The largest absolute Gasteiger partial charge is 0.463 e. The van der Waals surface area contributed by atoms with E-state index in [0.717, 1.165) is 11.1 Å². The third-order valence-electron chi connectivity index (χ3n) is 4.90. The zero-order valence-corrected chi connectivity index (χ0v) is 17.3. The number of aliphatic hydroxyl groups is 1. The molecular formula is C22H23N5O4. The third-order valence-corrected chi connectivity index (χ3v) is 4.90. The number of hydrogen-bond donors (Lipinski definition) is 2. The van der Waals surface area contributed by atoms with Crippen molar-refractivity contribution in [1.29, 1.82) is 0 Å². The van der Waals surface area contributed by atoms with E-state index in [-0.39, 0.29) is 55.3 Å². The first-order chi connectivity index (χ1) is 14.8. The molecule has 31 heavy (non-hydrogen) atoms. The second kappa shape index (κ2) is 9.36. The van der Waals surface area contributed by atoms with Gasteiger partial charge in [-0.2, -0.15) is 0 Å². The molecule has 1 aliphatic heterocycles. The average Bonchev–Trinajstić information content (AvgIpc) is 2.75. The molecule has 1 amide bonds. The predicted molar refractivity (Wildman–Crippen MR) is 113 cm³/mol.